The van der Waals surface area contributed by atoms with E-state index in [-0.39, 0.29) is 55.8 Å². The van der Waals surface area contributed by atoms with Crippen LogP contribution in [0.3, 0.4) is 0 Å². The lowest BCUT2D eigenvalue weighted by Crippen LogP contribution is -2.61. The van der Waals surface area contributed by atoms with Gasteiger partial charge in [0.05, 0.1) is 18.3 Å². The second-order valence-corrected chi connectivity index (χ2v) is 26.9. The number of aliphatic hydroxyl groups excluding tert-OH is 1. The van der Waals surface area contributed by atoms with Gasteiger partial charge in [-0.1, -0.05) is 71.1 Å². The van der Waals surface area contributed by atoms with Gasteiger partial charge in [0.25, 0.3) is 11.7 Å². The number of alkyl carbamates (subject to hydrolysis) is 1. The van der Waals surface area contributed by atoms with Crippen LogP contribution < -0.4 is 5.32 Å². The summed E-state index contributed by atoms with van der Waals surface area (Å²) in [6, 6.07) is -1.24. The molecule has 2 amide bonds. The second kappa shape index (κ2) is 30.4. The summed E-state index contributed by atoms with van der Waals surface area (Å²) in [6.07, 6.45) is 7.37. The van der Waals surface area contributed by atoms with Crippen LogP contribution in [0.2, 0.25) is 0 Å². The molecule has 442 valence electrons. The minimum atomic E-state index is -4.77. The molecule has 4 aliphatic rings. The van der Waals surface area contributed by atoms with Crippen molar-refractivity contribution in [3.8, 4) is 0 Å². The third kappa shape index (κ3) is 19.5. The number of Topliss-reactive ketones (excluding diaryl/α,β-unsaturated/α-hetero) is 3. The number of ketones is 3. The van der Waals surface area contributed by atoms with Gasteiger partial charge in [-0.3, -0.25) is 28.3 Å². The Labute approximate surface area is 459 Å². The third-order valence-corrected chi connectivity index (χ3v) is 20.0. The molecule has 16 atom stereocenters. The summed E-state index contributed by atoms with van der Waals surface area (Å²) >= 11 is 0. The number of methoxy groups -OCH3 is 3. The highest BCUT2D eigenvalue weighted by atomic mass is 31.2. The van der Waals surface area contributed by atoms with Gasteiger partial charge in [-0.05, 0) is 107 Å². The summed E-state index contributed by atoms with van der Waals surface area (Å²) in [4.78, 5) is 113. The predicted octanol–water partition coefficient (Wildman–Crippen LogP) is 6.32. The number of hydrogen-bond donors (Lipinski definition) is 6. The first kappa shape index (κ1) is 66.8. The van der Waals surface area contributed by atoms with Crippen molar-refractivity contribution >= 4 is 50.3 Å². The Kier molecular flexibility index (Phi) is 26.0. The number of rotatable bonds is 12. The summed E-state index contributed by atoms with van der Waals surface area (Å²) in [6.45, 7) is 12.0. The number of esters is 1. The number of carbonyl (C=O) groups is 6. The fraction of sp³-hybridized carbons (Fsp3) is 0.745. The Morgan fingerprint density at radius 3 is 2.23 bits per heavy atom. The predicted molar refractivity (Wildman–Crippen MR) is 289 cm³/mol. The first-order chi connectivity index (χ1) is 36.5. The van der Waals surface area contributed by atoms with Gasteiger partial charge in [-0.2, -0.15) is 0 Å². The Morgan fingerprint density at radius 2 is 1.58 bits per heavy atom. The molecular formula is C55H88N2O19P2. The maximum atomic E-state index is 14.6. The van der Waals surface area contributed by atoms with Crippen LogP contribution in [0.1, 0.15) is 126 Å². The number of allylic oxidation sites excluding steroid dienone is 6. The number of cyclic esters (lactones) is 1. The highest BCUT2D eigenvalue weighted by molar-refractivity contribution is 7.72. The topological polar surface area (TPSA) is 308 Å². The normalized spacial score (nSPS) is 36.6. The molecule has 0 radical (unpaired) electrons. The lowest BCUT2D eigenvalue weighted by molar-refractivity contribution is -0.265. The second-order valence-electron chi connectivity index (χ2n) is 22.3. The van der Waals surface area contributed by atoms with E-state index in [0.29, 0.717) is 63.4 Å². The van der Waals surface area contributed by atoms with Crippen molar-refractivity contribution in [1.82, 2.24) is 10.2 Å². The lowest BCUT2D eigenvalue weighted by Gasteiger charge is -2.42. The van der Waals surface area contributed by atoms with Crippen molar-refractivity contribution in [2.75, 3.05) is 46.5 Å². The van der Waals surface area contributed by atoms with Crippen molar-refractivity contribution < 1.29 is 91.2 Å². The molecular weight excluding hydrogens is 1050 g/mol. The van der Waals surface area contributed by atoms with Crippen LogP contribution in [0.15, 0.2) is 47.6 Å². The minimum absolute atomic E-state index is 0.0164. The van der Waals surface area contributed by atoms with Gasteiger partial charge >= 0.3 is 19.7 Å². The molecule has 0 spiro atoms. The molecule has 1 unspecified atom stereocenters. The van der Waals surface area contributed by atoms with Gasteiger partial charge < -0.3 is 63.5 Å². The number of carbonyl (C=O) groups excluding carboxylic acids is 6. The molecule has 78 heavy (non-hydrogen) atoms. The summed E-state index contributed by atoms with van der Waals surface area (Å²) in [5.41, 5.74) is 1.17. The molecule has 1 saturated carbocycles. The van der Waals surface area contributed by atoms with Gasteiger partial charge in [-0.15, -0.1) is 0 Å². The van der Waals surface area contributed by atoms with E-state index in [4.69, 9.17) is 38.2 Å². The average Bonchev–Trinajstić information content (AvgIpc) is 3.37. The number of amides is 2. The summed E-state index contributed by atoms with van der Waals surface area (Å²) in [7, 11) is -4.67. The minimum Gasteiger partial charge on any atom is -0.460 e. The number of piperidine rings is 1. The first-order valence-electron chi connectivity index (χ1n) is 27.3. The smallest absolute Gasteiger partial charge is 0.407 e. The maximum Gasteiger partial charge on any atom is 0.407 e. The fourth-order valence-corrected chi connectivity index (χ4v) is 14.4. The van der Waals surface area contributed by atoms with Gasteiger partial charge in [0.2, 0.25) is 13.2 Å². The Balaban J connectivity index is 1.64. The van der Waals surface area contributed by atoms with Crippen molar-refractivity contribution in [3.63, 3.8) is 0 Å². The van der Waals surface area contributed by atoms with Crippen molar-refractivity contribution in [3.05, 3.63) is 47.6 Å². The SMILES string of the molecule is CO[C@H]1C[C@@H]2CC[C@@H](C)[C@@](O)(O2)C(=O)C(=O)N2CCCC[C@H]2C(=O)O[C@H]([C@H](C)C[C@H]2CC[C@@H](OC(=O)NCCP(=O)(O)CP(=O)(O)O)[C@H](OC)C2)CC(=O)[C@H](C)/C=C(\C)[C@@H](O)[C@@H](OC)C(=O)[C@H](C)C[C@H](C)/C=C/C=C/C=C/1C. The first-order valence-corrected chi connectivity index (χ1v) is 31.2. The summed E-state index contributed by atoms with van der Waals surface area (Å²) in [5.74, 6) is -10.2. The van der Waals surface area contributed by atoms with E-state index in [9.17, 15) is 53.0 Å². The van der Waals surface area contributed by atoms with Crippen LogP contribution in [0, 0.1) is 35.5 Å². The molecule has 0 aromatic rings. The number of nitrogens with zero attached hydrogens (tertiary/aromatic N) is 1. The van der Waals surface area contributed by atoms with Gasteiger partial charge in [0.15, 0.2) is 5.78 Å². The van der Waals surface area contributed by atoms with Crippen molar-refractivity contribution in [2.45, 2.75) is 180 Å². The summed E-state index contributed by atoms with van der Waals surface area (Å²) in [5, 5.41) is 25.9. The van der Waals surface area contributed by atoms with Gasteiger partial charge in [0.1, 0.15) is 42.1 Å². The molecule has 0 aromatic carbocycles. The monoisotopic (exact) mass is 1140 g/mol. The molecule has 21 nitrogen and oxygen atoms in total. The van der Waals surface area contributed by atoms with Crippen LogP contribution in [0.25, 0.3) is 0 Å². The zero-order valence-corrected chi connectivity index (χ0v) is 48.9. The quantitative estimate of drug-likeness (QED) is 0.0539. The van der Waals surface area contributed by atoms with Crippen molar-refractivity contribution in [1.29, 1.82) is 0 Å². The number of ether oxygens (including phenoxy) is 6. The molecule has 4 rings (SSSR count). The molecule has 2 saturated heterocycles. The van der Waals surface area contributed by atoms with Crippen LogP contribution in [-0.2, 0) is 61.5 Å². The van der Waals surface area contributed by atoms with Gasteiger partial charge in [0, 0.05) is 71.2 Å². The fourth-order valence-electron chi connectivity index (χ4n) is 11.1. The molecule has 2 bridgehead atoms. The van der Waals surface area contributed by atoms with E-state index in [2.05, 4.69) is 5.32 Å². The summed E-state index contributed by atoms with van der Waals surface area (Å²) < 4.78 is 58.7. The zero-order valence-electron chi connectivity index (χ0n) is 47.2. The molecule has 1 aliphatic carbocycles. The van der Waals surface area contributed by atoms with Crippen molar-refractivity contribution in [2.24, 2.45) is 35.5 Å². The van der Waals surface area contributed by atoms with E-state index in [1.165, 1.54) is 14.2 Å². The van der Waals surface area contributed by atoms with Crippen LogP contribution in [0.4, 0.5) is 4.79 Å². The Hall–Kier alpha value is -3.72. The van der Waals surface area contributed by atoms with E-state index < -0.39 is 129 Å². The number of aliphatic hydroxyl groups is 2. The molecule has 3 aliphatic heterocycles. The largest absolute Gasteiger partial charge is 0.460 e. The maximum absolute atomic E-state index is 14.6. The average molecular weight is 1140 g/mol. The molecule has 3 heterocycles. The molecule has 3 fully saturated rings. The third-order valence-electron chi connectivity index (χ3n) is 15.8. The molecule has 6 N–H and O–H groups in total. The van der Waals surface area contributed by atoms with Crippen LogP contribution >= 0.6 is 15.0 Å². The van der Waals surface area contributed by atoms with Gasteiger partial charge in [-0.25, -0.2) is 9.59 Å². The highest BCUT2D eigenvalue weighted by Crippen LogP contribution is 2.54. The lowest BCUT2D eigenvalue weighted by atomic mass is 9.78. The Bertz CT molecular complexity index is 2300. The zero-order chi connectivity index (χ0) is 58.3. The standard InChI is InChI=1S/C55H88N2O19P2/c1-33-16-12-11-13-17-34(2)45(71-8)30-41-21-19-39(7)55(65,76-41)51(61)52(62)57-24-15-14-18-42(57)53(63)74-46(31-43(58)35(3)27-38(6)49(60)50(73-10)48(59)37(5)26-33)36(4)28-40-20-22-44(47(29-40)72-9)75-54(64)56-23-25-77(66,67)32-78(68,69)70/h11-13,16-17,27,33,35-37,39-42,44-47,49-50,60,65H,14-15,18-26,28-32H2,1-10H3,(H,56,64)(H,66,67)(H2,68,69,70)/b13-11+,16-12+,34-17+,38-27+/t33-,35-,36-,37-,39-,40-,41+,42+,44-,45+,46+,47-,49-,50+,55-/m1/s1. The molecule has 23 heteroatoms. The number of hydrogen-bond acceptors (Lipinski definition) is 16. The van der Waals surface area contributed by atoms with E-state index in [0.717, 1.165) is 10.5 Å². The van der Waals surface area contributed by atoms with E-state index >= 15 is 0 Å². The number of nitrogens with one attached hydrogen (secondary N) is 1. The van der Waals surface area contributed by atoms with Crippen LogP contribution in [0.5, 0.6) is 0 Å². The highest BCUT2D eigenvalue weighted by Gasteiger charge is 2.53. The Morgan fingerprint density at radius 1 is 0.872 bits per heavy atom. The van der Waals surface area contributed by atoms with E-state index in [1.807, 2.05) is 51.2 Å². The van der Waals surface area contributed by atoms with Crippen LogP contribution in [-0.4, -0.2) is 166 Å². The number of fused-ring (bicyclic) bond motifs is 3. The van der Waals surface area contributed by atoms with E-state index in [1.54, 1.807) is 40.9 Å². The molecule has 0 aromatic heterocycles.